The van der Waals surface area contributed by atoms with Gasteiger partial charge in [-0.2, -0.15) is 0 Å². The molecule has 0 saturated heterocycles. The molecule has 0 unspecified atom stereocenters. The Hall–Kier alpha value is -1.90. The highest BCUT2D eigenvalue weighted by atomic mass is 16.5. The van der Waals surface area contributed by atoms with Crippen molar-refractivity contribution in [1.82, 2.24) is 0 Å². The lowest BCUT2D eigenvalue weighted by Crippen LogP contribution is -1.99. The van der Waals surface area contributed by atoms with E-state index in [2.05, 4.69) is 62.5 Å². The first-order valence-electron chi connectivity index (χ1n) is 13.4. The smallest absolute Gasteiger partial charge is 0.302 e. The molecule has 0 radical (unpaired) electrons. The van der Waals surface area contributed by atoms with Crippen molar-refractivity contribution in [2.75, 3.05) is 6.61 Å². The van der Waals surface area contributed by atoms with E-state index in [0.717, 1.165) is 38.4 Å². The zero-order chi connectivity index (χ0) is 24.7. The summed E-state index contributed by atoms with van der Waals surface area (Å²) in [6.45, 7) is 6.42. The van der Waals surface area contributed by atoms with Crippen LogP contribution in [0.4, 0.5) is 0 Å². The zero-order valence-corrected chi connectivity index (χ0v) is 21.9. The predicted molar refractivity (Wildman–Crippen MR) is 144 cm³/mol. The normalized spacial score (nSPS) is 11.5. The van der Waals surface area contributed by atoms with E-state index in [9.17, 15) is 9.59 Å². The van der Waals surface area contributed by atoms with E-state index in [1.54, 1.807) is 0 Å². The third-order valence-corrected chi connectivity index (χ3v) is 4.98. The monoisotopic (exact) mass is 460 g/mol. The molecule has 0 aromatic rings. The van der Waals surface area contributed by atoms with Crippen LogP contribution in [-0.2, 0) is 14.3 Å². The van der Waals surface area contributed by atoms with Gasteiger partial charge in [0.05, 0.1) is 6.61 Å². The van der Waals surface area contributed by atoms with Gasteiger partial charge < -0.3 is 9.53 Å². The standard InChI is InChI=1S/C16H28O.C14H24O2/c1-2-3-4-5-6-7-8-9-10-11-12-13-14-15-16-17;1-3-4-5-6-7-8-9-10-11-12-13-16-14(2)15/h5-8,16H,2-4,9-15H2,1H3;6-9H,3-5,10-13H2,1-2H3/b6-5-,8-7-;7-6-,9-8-. The summed E-state index contributed by atoms with van der Waals surface area (Å²) in [5.41, 5.74) is 0. The number of ether oxygens (including phenoxy) is 1. The lowest BCUT2D eigenvalue weighted by Gasteiger charge is -1.98. The van der Waals surface area contributed by atoms with Crippen molar-refractivity contribution in [3.8, 4) is 0 Å². The number of carbonyl (C=O) groups excluding carboxylic acids is 2. The van der Waals surface area contributed by atoms with E-state index in [1.807, 2.05) is 0 Å². The van der Waals surface area contributed by atoms with Crippen molar-refractivity contribution in [3.63, 3.8) is 0 Å². The summed E-state index contributed by atoms with van der Waals surface area (Å²) in [6, 6.07) is 0. The maximum atomic E-state index is 10.5. The van der Waals surface area contributed by atoms with Gasteiger partial charge in [-0.05, 0) is 51.4 Å². The molecule has 3 nitrogen and oxygen atoms in total. The van der Waals surface area contributed by atoms with Gasteiger partial charge in [0, 0.05) is 13.3 Å². The van der Waals surface area contributed by atoms with E-state index in [0.29, 0.717) is 6.61 Å². The molecule has 0 N–H and O–H groups in total. The Bertz CT molecular complexity index is 515. The Kier molecular flexibility index (Phi) is 32.5. The molecule has 33 heavy (non-hydrogen) atoms. The van der Waals surface area contributed by atoms with Crippen molar-refractivity contribution < 1.29 is 14.3 Å². The average molecular weight is 461 g/mol. The largest absolute Gasteiger partial charge is 0.466 e. The van der Waals surface area contributed by atoms with Crippen LogP contribution in [0.3, 0.4) is 0 Å². The Labute approximate surface area is 205 Å². The van der Waals surface area contributed by atoms with Crippen LogP contribution in [0.1, 0.15) is 124 Å². The topological polar surface area (TPSA) is 43.4 Å². The van der Waals surface area contributed by atoms with E-state index in [1.165, 1.54) is 77.6 Å². The molecule has 0 aliphatic carbocycles. The Morgan fingerprint density at radius 1 is 0.576 bits per heavy atom. The first-order valence-corrected chi connectivity index (χ1v) is 13.4. The zero-order valence-electron chi connectivity index (χ0n) is 21.9. The molecule has 0 amide bonds. The highest BCUT2D eigenvalue weighted by Crippen LogP contribution is 2.07. The van der Waals surface area contributed by atoms with E-state index >= 15 is 0 Å². The highest BCUT2D eigenvalue weighted by molar-refractivity contribution is 5.65. The van der Waals surface area contributed by atoms with Gasteiger partial charge in [0.2, 0.25) is 0 Å². The van der Waals surface area contributed by atoms with Crippen LogP contribution in [0.15, 0.2) is 48.6 Å². The van der Waals surface area contributed by atoms with E-state index < -0.39 is 0 Å². The van der Waals surface area contributed by atoms with Crippen LogP contribution in [0, 0.1) is 0 Å². The number of esters is 1. The first-order chi connectivity index (χ1) is 16.2. The minimum atomic E-state index is -0.186. The van der Waals surface area contributed by atoms with Crippen LogP contribution < -0.4 is 0 Å². The highest BCUT2D eigenvalue weighted by Gasteiger charge is 1.91. The molecule has 190 valence electrons. The molecule has 0 aliphatic rings. The Balaban J connectivity index is 0. The summed E-state index contributed by atoms with van der Waals surface area (Å²) in [7, 11) is 0. The Morgan fingerprint density at radius 2 is 0.970 bits per heavy atom. The molecule has 3 heteroatoms. The minimum Gasteiger partial charge on any atom is -0.466 e. The number of hydrogen-bond donors (Lipinski definition) is 0. The van der Waals surface area contributed by atoms with Crippen molar-refractivity contribution in [1.29, 1.82) is 0 Å². The molecule has 0 aromatic heterocycles. The summed E-state index contributed by atoms with van der Waals surface area (Å²) in [5.74, 6) is -0.186. The van der Waals surface area contributed by atoms with Crippen LogP contribution in [0.5, 0.6) is 0 Å². The van der Waals surface area contributed by atoms with Gasteiger partial charge in [-0.3, -0.25) is 4.79 Å². The summed E-state index contributed by atoms with van der Waals surface area (Å²) >= 11 is 0. The number of hydrogen-bond acceptors (Lipinski definition) is 3. The third-order valence-electron chi connectivity index (χ3n) is 4.98. The van der Waals surface area contributed by atoms with Crippen LogP contribution in [0.2, 0.25) is 0 Å². The molecule has 0 fully saturated rings. The maximum absolute atomic E-state index is 10.5. The van der Waals surface area contributed by atoms with Gasteiger partial charge in [0.1, 0.15) is 6.29 Å². The molecule has 0 aromatic carbocycles. The number of rotatable bonds is 21. The molecule has 0 bridgehead atoms. The van der Waals surface area contributed by atoms with Gasteiger partial charge in [-0.1, -0.05) is 107 Å². The molecule has 0 saturated carbocycles. The summed E-state index contributed by atoms with van der Waals surface area (Å²) < 4.78 is 4.84. The summed E-state index contributed by atoms with van der Waals surface area (Å²) in [6.07, 6.45) is 37.0. The quantitative estimate of drug-likeness (QED) is 0.0741. The number of allylic oxidation sites excluding steroid dienone is 8. The Morgan fingerprint density at radius 3 is 1.39 bits per heavy atom. The van der Waals surface area contributed by atoms with Crippen molar-refractivity contribution >= 4 is 12.3 Å². The lowest BCUT2D eigenvalue weighted by atomic mass is 10.1. The van der Waals surface area contributed by atoms with Gasteiger partial charge in [-0.25, -0.2) is 0 Å². The van der Waals surface area contributed by atoms with Crippen molar-refractivity contribution in [2.45, 2.75) is 124 Å². The fourth-order valence-corrected chi connectivity index (χ4v) is 2.94. The fraction of sp³-hybridized carbons (Fsp3) is 0.667. The van der Waals surface area contributed by atoms with Crippen LogP contribution in [0.25, 0.3) is 0 Å². The lowest BCUT2D eigenvalue weighted by molar-refractivity contribution is -0.141. The average Bonchev–Trinajstić information content (AvgIpc) is 2.81. The second kappa shape index (κ2) is 32.3. The van der Waals surface area contributed by atoms with Crippen molar-refractivity contribution in [2.24, 2.45) is 0 Å². The molecule has 0 heterocycles. The van der Waals surface area contributed by atoms with Crippen molar-refractivity contribution in [3.05, 3.63) is 48.6 Å². The second-order valence-corrected chi connectivity index (χ2v) is 8.34. The van der Waals surface area contributed by atoms with Crippen LogP contribution >= 0.6 is 0 Å². The molecule has 0 aliphatic heterocycles. The van der Waals surface area contributed by atoms with E-state index in [-0.39, 0.29) is 5.97 Å². The van der Waals surface area contributed by atoms with E-state index in [4.69, 9.17) is 4.74 Å². The molecule has 0 atom stereocenters. The fourth-order valence-electron chi connectivity index (χ4n) is 2.94. The molecule has 0 spiro atoms. The maximum Gasteiger partial charge on any atom is 0.302 e. The van der Waals surface area contributed by atoms with Gasteiger partial charge in [0.15, 0.2) is 0 Å². The molecular formula is C30H52O3. The van der Waals surface area contributed by atoms with Gasteiger partial charge in [-0.15, -0.1) is 0 Å². The minimum absolute atomic E-state index is 0.186. The van der Waals surface area contributed by atoms with Gasteiger partial charge in [0.25, 0.3) is 0 Å². The summed E-state index contributed by atoms with van der Waals surface area (Å²) in [5, 5.41) is 0. The molecule has 0 rings (SSSR count). The SMILES string of the molecule is CCCC/C=C\C=C/CCCCCCCC=O.CCCC/C=C\C=C/CCCCOC(C)=O. The van der Waals surface area contributed by atoms with Crippen LogP contribution in [-0.4, -0.2) is 18.9 Å². The first kappa shape index (κ1) is 33.3. The second-order valence-electron chi connectivity index (χ2n) is 8.34. The summed E-state index contributed by atoms with van der Waals surface area (Å²) in [4.78, 5) is 20.5. The van der Waals surface area contributed by atoms with Gasteiger partial charge >= 0.3 is 5.97 Å². The number of unbranched alkanes of at least 4 members (excludes halogenated alkanes) is 12. The predicted octanol–water partition coefficient (Wildman–Crippen LogP) is 9.24. The number of aldehydes is 1. The molecular weight excluding hydrogens is 408 g/mol. The number of carbonyl (C=O) groups is 2. The third kappa shape index (κ3) is 37.7.